The van der Waals surface area contributed by atoms with E-state index in [9.17, 15) is 5.11 Å². The van der Waals surface area contributed by atoms with Gasteiger partial charge in [0.1, 0.15) is 13.2 Å². The zero-order chi connectivity index (χ0) is 11.7. The van der Waals surface area contributed by atoms with E-state index >= 15 is 0 Å². The molecule has 1 unspecified atom stereocenters. The average molecular weight is 287 g/mol. The highest BCUT2D eigenvalue weighted by atomic mass is 79.9. The molecule has 88 valence electrons. The van der Waals surface area contributed by atoms with Crippen LogP contribution in [0.4, 0.5) is 0 Å². The molecule has 1 aromatic carbocycles. The predicted molar refractivity (Wildman–Crippen MR) is 64.9 cm³/mol. The van der Waals surface area contributed by atoms with Crippen LogP contribution in [0.2, 0.25) is 0 Å². The Balaban J connectivity index is 2.39. The van der Waals surface area contributed by atoms with Crippen molar-refractivity contribution in [2.75, 3.05) is 13.2 Å². The highest BCUT2D eigenvalue weighted by Gasteiger charge is 2.20. The first kappa shape index (κ1) is 11.7. The summed E-state index contributed by atoms with van der Waals surface area (Å²) in [4.78, 5) is 0. The maximum absolute atomic E-state index is 10.0. The zero-order valence-electron chi connectivity index (χ0n) is 9.37. The lowest BCUT2D eigenvalue weighted by atomic mass is 9.99. The topological polar surface area (TPSA) is 38.7 Å². The largest absolute Gasteiger partial charge is 0.486 e. The van der Waals surface area contributed by atoms with Crippen LogP contribution >= 0.6 is 15.9 Å². The molecule has 1 aliphatic rings. The molecule has 1 aliphatic heterocycles. The van der Waals surface area contributed by atoms with Gasteiger partial charge in [0.2, 0.25) is 0 Å². The van der Waals surface area contributed by atoms with Gasteiger partial charge in [-0.1, -0.05) is 13.8 Å². The molecule has 2 rings (SSSR count). The Bertz CT molecular complexity index is 390. The molecule has 0 amide bonds. The van der Waals surface area contributed by atoms with E-state index in [2.05, 4.69) is 15.9 Å². The van der Waals surface area contributed by atoms with E-state index in [0.29, 0.717) is 19.0 Å². The van der Waals surface area contributed by atoms with E-state index in [1.54, 1.807) is 0 Å². The Labute approximate surface area is 104 Å². The van der Waals surface area contributed by atoms with Crippen molar-refractivity contribution >= 4 is 15.9 Å². The summed E-state index contributed by atoms with van der Waals surface area (Å²) in [5.74, 6) is 1.61. The predicted octanol–water partition coefficient (Wildman–Crippen LogP) is 2.91. The number of aliphatic hydroxyl groups is 1. The first-order valence-electron chi connectivity index (χ1n) is 5.36. The third-order valence-electron chi connectivity index (χ3n) is 2.59. The molecule has 0 fully saturated rings. The molecule has 1 heterocycles. The minimum atomic E-state index is -0.480. The molecule has 0 spiro atoms. The molecule has 1 N–H and O–H groups in total. The van der Waals surface area contributed by atoms with Gasteiger partial charge in [-0.3, -0.25) is 0 Å². The Kier molecular flexibility index (Phi) is 3.40. The van der Waals surface area contributed by atoms with Crippen LogP contribution in [0.3, 0.4) is 0 Å². The van der Waals surface area contributed by atoms with Crippen LogP contribution in [-0.2, 0) is 0 Å². The zero-order valence-corrected chi connectivity index (χ0v) is 11.0. The van der Waals surface area contributed by atoms with Crippen LogP contribution in [0.25, 0.3) is 0 Å². The van der Waals surface area contributed by atoms with Crippen molar-refractivity contribution in [3.05, 3.63) is 22.2 Å². The first-order chi connectivity index (χ1) is 7.59. The van der Waals surface area contributed by atoms with Crippen molar-refractivity contribution in [2.45, 2.75) is 20.0 Å². The van der Waals surface area contributed by atoms with Crippen molar-refractivity contribution < 1.29 is 14.6 Å². The van der Waals surface area contributed by atoms with E-state index < -0.39 is 6.10 Å². The van der Waals surface area contributed by atoms with Crippen molar-refractivity contribution in [3.63, 3.8) is 0 Å². The Morgan fingerprint density at radius 3 is 2.62 bits per heavy atom. The summed E-state index contributed by atoms with van der Waals surface area (Å²) in [7, 11) is 0. The molecule has 1 atom stereocenters. The third kappa shape index (κ3) is 2.18. The lowest BCUT2D eigenvalue weighted by Crippen LogP contribution is -2.16. The molecule has 0 radical (unpaired) electrons. The second-order valence-corrected chi connectivity index (χ2v) is 5.07. The molecule has 0 saturated carbocycles. The lowest BCUT2D eigenvalue weighted by molar-refractivity contribution is 0.125. The number of hydrogen-bond donors (Lipinski definition) is 1. The highest BCUT2D eigenvalue weighted by molar-refractivity contribution is 9.10. The summed E-state index contributed by atoms with van der Waals surface area (Å²) >= 11 is 3.43. The molecular weight excluding hydrogens is 272 g/mol. The van der Waals surface area contributed by atoms with Gasteiger partial charge in [-0.05, 0) is 39.5 Å². The quantitative estimate of drug-likeness (QED) is 0.909. The van der Waals surface area contributed by atoms with Crippen molar-refractivity contribution in [2.24, 2.45) is 5.92 Å². The SMILES string of the molecule is CC(C)C(O)c1cc(Br)c2c(c1)OCCO2. The fourth-order valence-electron chi connectivity index (χ4n) is 1.69. The molecule has 1 aromatic rings. The van der Waals surface area contributed by atoms with Crippen LogP contribution in [0, 0.1) is 5.92 Å². The Morgan fingerprint density at radius 2 is 1.94 bits per heavy atom. The smallest absolute Gasteiger partial charge is 0.175 e. The van der Waals surface area contributed by atoms with E-state index in [0.717, 1.165) is 15.8 Å². The second-order valence-electron chi connectivity index (χ2n) is 4.22. The molecule has 4 heteroatoms. The number of aliphatic hydroxyl groups excluding tert-OH is 1. The number of benzene rings is 1. The highest BCUT2D eigenvalue weighted by Crippen LogP contribution is 2.40. The summed E-state index contributed by atoms with van der Waals surface area (Å²) < 4.78 is 11.8. The van der Waals surface area contributed by atoms with Crippen LogP contribution in [0.15, 0.2) is 16.6 Å². The minimum Gasteiger partial charge on any atom is -0.486 e. The van der Waals surface area contributed by atoms with Gasteiger partial charge in [0, 0.05) is 0 Å². The van der Waals surface area contributed by atoms with Gasteiger partial charge in [0.25, 0.3) is 0 Å². The maximum Gasteiger partial charge on any atom is 0.175 e. The fraction of sp³-hybridized carbons (Fsp3) is 0.500. The van der Waals surface area contributed by atoms with Crippen LogP contribution < -0.4 is 9.47 Å². The van der Waals surface area contributed by atoms with Gasteiger partial charge in [0.05, 0.1) is 10.6 Å². The van der Waals surface area contributed by atoms with Gasteiger partial charge in [-0.2, -0.15) is 0 Å². The minimum absolute atomic E-state index is 0.175. The van der Waals surface area contributed by atoms with Gasteiger partial charge in [-0.15, -0.1) is 0 Å². The van der Waals surface area contributed by atoms with Gasteiger partial charge < -0.3 is 14.6 Å². The van der Waals surface area contributed by atoms with E-state index in [1.165, 1.54) is 0 Å². The molecule has 0 aliphatic carbocycles. The monoisotopic (exact) mass is 286 g/mol. The summed E-state index contributed by atoms with van der Waals surface area (Å²) in [5.41, 5.74) is 0.853. The summed E-state index contributed by atoms with van der Waals surface area (Å²) in [5, 5.41) is 10.0. The summed E-state index contributed by atoms with van der Waals surface area (Å²) in [6.45, 7) is 5.09. The number of halogens is 1. The third-order valence-corrected chi connectivity index (χ3v) is 3.18. The number of rotatable bonds is 2. The molecule has 0 aromatic heterocycles. The molecule has 0 saturated heterocycles. The summed E-state index contributed by atoms with van der Waals surface area (Å²) in [6, 6.07) is 3.74. The average Bonchev–Trinajstić information content (AvgIpc) is 2.28. The van der Waals surface area contributed by atoms with Crippen molar-refractivity contribution in [3.8, 4) is 11.5 Å². The summed E-state index contributed by atoms with van der Waals surface area (Å²) in [6.07, 6.45) is -0.480. The second kappa shape index (κ2) is 4.63. The van der Waals surface area contributed by atoms with Crippen molar-refractivity contribution in [1.82, 2.24) is 0 Å². The molecule has 3 nitrogen and oxygen atoms in total. The van der Waals surface area contributed by atoms with Gasteiger partial charge in [-0.25, -0.2) is 0 Å². The number of ether oxygens (including phenoxy) is 2. The maximum atomic E-state index is 10.0. The van der Waals surface area contributed by atoms with Crippen LogP contribution in [0.5, 0.6) is 11.5 Å². The van der Waals surface area contributed by atoms with Crippen LogP contribution in [0.1, 0.15) is 25.5 Å². The lowest BCUT2D eigenvalue weighted by Gasteiger charge is -2.22. The number of fused-ring (bicyclic) bond motifs is 1. The molecule has 0 bridgehead atoms. The number of hydrogen-bond acceptors (Lipinski definition) is 3. The molecule has 16 heavy (non-hydrogen) atoms. The van der Waals surface area contributed by atoms with E-state index in [1.807, 2.05) is 26.0 Å². The normalized spacial score (nSPS) is 16.3. The van der Waals surface area contributed by atoms with E-state index in [-0.39, 0.29) is 5.92 Å². The van der Waals surface area contributed by atoms with E-state index in [4.69, 9.17) is 9.47 Å². The first-order valence-corrected chi connectivity index (χ1v) is 6.16. The molecular formula is C12H15BrO3. The standard InChI is InChI=1S/C12H15BrO3/c1-7(2)11(14)8-5-9(13)12-10(6-8)15-3-4-16-12/h5-7,11,14H,3-4H2,1-2H3. The van der Waals surface area contributed by atoms with Gasteiger partial charge in [0.15, 0.2) is 11.5 Å². The van der Waals surface area contributed by atoms with Crippen molar-refractivity contribution in [1.29, 1.82) is 0 Å². The van der Waals surface area contributed by atoms with Gasteiger partial charge >= 0.3 is 0 Å². The van der Waals surface area contributed by atoms with Crippen LogP contribution in [-0.4, -0.2) is 18.3 Å². The Hall–Kier alpha value is -0.740. The fourth-order valence-corrected chi connectivity index (χ4v) is 2.26. The Morgan fingerprint density at radius 1 is 1.25 bits per heavy atom.